The zero-order chi connectivity index (χ0) is 11.9. The molecular formula is C11H10N6S. The van der Waals surface area contributed by atoms with Crippen molar-refractivity contribution in [3.63, 3.8) is 0 Å². The number of nitrogens with one attached hydrogen (secondary N) is 1. The largest absolute Gasteiger partial charge is 0.341 e. The van der Waals surface area contributed by atoms with Gasteiger partial charge < -0.3 is 9.55 Å². The summed E-state index contributed by atoms with van der Waals surface area (Å²) in [5, 5.41) is 1.85. The Bertz CT molecular complexity index is 698. The quantitative estimate of drug-likeness (QED) is 0.728. The summed E-state index contributed by atoms with van der Waals surface area (Å²) < 4.78 is 2.22. The van der Waals surface area contributed by atoms with Gasteiger partial charge >= 0.3 is 0 Å². The fourth-order valence-electron chi connectivity index (χ4n) is 1.92. The van der Waals surface area contributed by atoms with Gasteiger partial charge in [0.1, 0.15) is 16.9 Å². The molecule has 3 aromatic heterocycles. The number of H-pyrrole nitrogens is 1. The van der Waals surface area contributed by atoms with E-state index in [1.165, 1.54) is 19.2 Å². The SMILES string of the molecule is c1cn(C2CC2)c(Sc2ncnc3nc[nH]c23)n1. The predicted octanol–water partition coefficient (Wildman–Crippen LogP) is 2.04. The second-order valence-corrected chi connectivity index (χ2v) is 5.19. The van der Waals surface area contributed by atoms with E-state index < -0.39 is 0 Å². The smallest absolute Gasteiger partial charge is 0.181 e. The first-order valence-electron chi connectivity index (χ1n) is 5.76. The summed E-state index contributed by atoms with van der Waals surface area (Å²) in [5.41, 5.74) is 1.56. The fourth-order valence-corrected chi connectivity index (χ4v) is 2.87. The van der Waals surface area contributed by atoms with Crippen LogP contribution in [0.5, 0.6) is 0 Å². The molecule has 7 heteroatoms. The minimum atomic E-state index is 0.620. The molecule has 1 aliphatic carbocycles. The number of fused-ring (bicyclic) bond motifs is 1. The predicted molar refractivity (Wildman–Crippen MR) is 66.3 cm³/mol. The second kappa shape index (κ2) is 3.81. The summed E-state index contributed by atoms with van der Waals surface area (Å²) in [7, 11) is 0. The zero-order valence-corrected chi connectivity index (χ0v) is 10.3. The van der Waals surface area contributed by atoms with Crippen molar-refractivity contribution in [2.75, 3.05) is 0 Å². The molecule has 0 spiro atoms. The Morgan fingerprint density at radius 3 is 3.06 bits per heavy atom. The number of imidazole rings is 2. The van der Waals surface area contributed by atoms with Crippen LogP contribution in [0.3, 0.4) is 0 Å². The Hall–Kier alpha value is -1.89. The topological polar surface area (TPSA) is 72.3 Å². The van der Waals surface area contributed by atoms with Crippen LogP contribution in [0.2, 0.25) is 0 Å². The molecule has 0 atom stereocenters. The van der Waals surface area contributed by atoms with E-state index in [4.69, 9.17) is 0 Å². The molecule has 90 valence electrons. The van der Waals surface area contributed by atoms with E-state index in [0.717, 1.165) is 15.7 Å². The van der Waals surface area contributed by atoms with E-state index >= 15 is 0 Å². The van der Waals surface area contributed by atoms with Crippen molar-refractivity contribution in [1.29, 1.82) is 0 Å². The molecule has 3 aromatic rings. The molecule has 4 rings (SSSR count). The number of nitrogens with zero attached hydrogens (tertiary/aromatic N) is 5. The maximum Gasteiger partial charge on any atom is 0.181 e. The normalized spacial score (nSPS) is 15.3. The summed E-state index contributed by atoms with van der Waals surface area (Å²) in [6.07, 6.45) is 9.53. The highest BCUT2D eigenvalue weighted by atomic mass is 32.2. The van der Waals surface area contributed by atoms with Gasteiger partial charge in [-0.3, -0.25) is 0 Å². The van der Waals surface area contributed by atoms with E-state index in [1.807, 2.05) is 12.4 Å². The van der Waals surface area contributed by atoms with Crippen molar-refractivity contribution in [2.45, 2.75) is 29.1 Å². The Morgan fingerprint density at radius 1 is 1.22 bits per heavy atom. The van der Waals surface area contributed by atoms with Gasteiger partial charge in [0.15, 0.2) is 10.8 Å². The molecule has 0 radical (unpaired) electrons. The van der Waals surface area contributed by atoms with Crippen LogP contribution in [0, 0.1) is 0 Å². The molecule has 1 saturated carbocycles. The van der Waals surface area contributed by atoms with Crippen LogP contribution in [0.25, 0.3) is 11.2 Å². The molecule has 0 aromatic carbocycles. The average Bonchev–Trinajstić information content (AvgIpc) is 2.93. The molecule has 1 fully saturated rings. The first-order valence-corrected chi connectivity index (χ1v) is 6.58. The third-order valence-corrected chi connectivity index (χ3v) is 3.95. The lowest BCUT2D eigenvalue weighted by Crippen LogP contribution is -1.95. The van der Waals surface area contributed by atoms with E-state index in [0.29, 0.717) is 11.7 Å². The Kier molecular flexibility index (Phi) is 2.13. The summed E-state index contributed by atoms with van der Waals surface area (Å²) in [5.74, 6) is 0. The van der Waals surface area contributed by atoms with Crippen LogP contribution in [-0.2, 0) is 0 Å². The maximum atomic E-state index is 4.40. The lowest BCUT2D eigenvalue weighted by molar-refractivity contribution is 0.662. The van der Waals surface area contributed by atoms with Crippen LogP contribution in [0.1, 0.15) is 18.9 Å². The fraction of sp³-hybridized carbons (Fsp3) is 0.273. The molecule has 0 saturated heterocycles. The summed E-state index contributed by atoms with van der Waals surface area (Å²) in [6, 6.07) is 0.620. The minimum absolute atomic E-state index is 0.620. The molecule has 3 heterocycles. The van der Waals surface area contributed by atoms with Gasteiger partial charge in [-0.05, 0) is 24.6 Å². The highest BCUT2D eigenvalue weighted by molar-refractivity contribution is 7.99. The summed E-state index contributed by atoms with van der Waals surface area (Å²) in [6.45, 7) is 0. The van der Waals surface area contributed by atoms with Crippen molar-refractivity contribution < 1.29 is 0 Å². The van der Waals surface area contributed by atoms with E-state index in [-0.39, 0.29) is 0 Å². The zero-order valence-electron chi connectivity index (χ0n) is 9.45. The van der Waals surface area contributed by atoms with Gasteiger partial charge in [-0.2, -0.15) is 0 Å². The molecular weight excluding hydrogens is 248 g/mol. The van der Waals surface area contributed by atoms with Gasteiger partial charge in [0.05, 0.1) is 6.33 Å². The maximum absolute atomic E-state index is 4.40. The van der Waals surface area contributed by atoms with Crippen LogP contribution in [0.15, 0.2) is 35.2 Å². The van der Waals surface area contributed by atoms with Crippen molar-refractivity contribution >= 4 is 22.9 Å². The Labute approximate surface area is 107 Å². The Morgan fingerprint density at radius 2 is 2.17 bits per heavy atom. The van der Waals surface area contributed by atoms with Gasteiger partial charge in [-0.15, -0.1) is 0 Å². The highest BCUT2D eigenvalue weighted by Crippen LogP contribution is 2.39. The molecule has 0 bridgehead atoms. The number of aromatic amines is 1. The number of aromatic nitrogens is 6. The van der Waals surface area contributed by atoms with Gasteiger partial charge in [-0.1, -0.05) is 0 Å². The number of hydrogen-bond donors (Lipinski definition) is 1. The van der Waals surface area contributed by atoms with Gasteiger partial charge in [-0.25, -0.2) is 19.9 Å². The number of rotatable bonds is 3. The lowest BCUT2D eigenvalue weighted by Gasteiger charge is -2.04. The molecule has 6 nitrogen and oxygen atoms in total. The summed E-state index contributed by atoms with van der Waals surface area (Å²) in [4.78, 5) is 20.0. The van der Waals surface area contributed by atoms with Crippen LogP contribution >= 0.6 is 11.8 Å². The number of hydrogen-bond acceptors (Lipinski definition) is 5. The molecule has 18 heavy (non-hydrogen) atoms. The standard InChI is InChI=1S/C11H10N6S/c1-2-7(1)17-4-3-12-11(17)18-10-8-9(14-5-13-8)15-6-16-10/h3-7H,1-2H2,(H,13,14,15,16). The molecule has 1 N–H and O–H groups in total. The van der Waals surface area contributed by atoms with Crippen molar-refractivity contribution in [1.82, 2.24) is 29.5 Å². The van der Waals surface area contributed by atoms with Crippen molar-refractivity contribution in [3.05, 3.63) is 25.0 Å². The monoisotopic (exact) mass is 258 g/mol. The van der Waals surface area contributed by atoms with E-state index in [9.17, 15) is 0 Å². The third kappa shape index (κ3) is 1.59. The van der Waals surface area contributed by atoms with Crippen LogP contribution in [-0.4, -0.2) is 29.5 Å². The molecule has 0 aliphatic heterocycles. The minimum Gasteiger partial charge on any atom is -0.341 e. The average molecular weight is 258 g/mol. The lowest BCUT2D eigenvalue weighted by atomic mass is 10.6. The third-order valence-electron chi connectivity index (χ3n) is 2.95. The van der Waals surface area contributed by atoms with E-state index in [1.54, 1.807) is 18.1 Å². The first-order chi connectivity index (χ1) is 8.92. The highest BCUT2D eigenvalue weighted by Gasteiger charge is 2.26. The van der Waals surface area contributed by atoms with Gasteiger partial charge in [0.2, 0.25) is 0 Å². The molecule has 0 unspecified atom stereocenters. The molecule has 1 aliphatic rings. The van der Waals surface area contributed by atoms with Crippen LogP contribution < -0.4 is 0 Å². The van der Waals surface area contributed by atoms with E-state index in [2.05, 4.69) is 29.5 Å². The van der Waals surface area contributed by atoms with Gasteiger partial charge in [0, 0.05) is 18.4 Å². The second-order valence-electron chi connectivity index (χ2n) is 4.23. The van der Waals surface area contributed by atoms with Gasteiger partial charge in [0.25, 0.3) is 0 Å². The first kappa shape index (κ1) is 10.1. The summed E-state index contributed by atoms with van der Waals surface area (Å²) >= 11 is 1.55. The van der Waals surface area contributed by atoms with Crippen molar-refractivity contribution in [2.24, 2.45) is 0 Å². The van der Waals surface area contributed by atoms with Crippen molar-refractivity contribution in [3.8, 4) is 0 Å². The Balaban J connectivity index is 1.75. The van der Waals surface area contributed by atoms with Crippen LogP contribution in [0.4, 0.5) is 0 Å². The molecule has 0 amide bonds.